The van der Waals surface area contributed by atoms with Crippen LogP contribution < -0.4 is 4.74 Å². The summed E-state index contributed by atoms with van der Waals surface area (Å²) in [7, 11) is 1.77. The second kappa shape index (κ2) is 7.56. The molecule has 0 unspecified atom stereocenters. The van der Waals surface area contributed by atoms with Crippen LogP contribution in [0.2, 0.25) is 5.02 Å². The number of halogens is 2. The van der Waals surface area contributed by atoms with Crippen LogP contribution in [0.3, 0.4) is 0 Å². The van der Waals surface area contributed by atoms with Crippen molar-refractivity contribution in [2.75, 3.05) is 25.5 Å². The third kappa shape index (κ3) is 5.41. The number of hydrogen-bond acceptors (Lipinski definition) is 2. The van der Waals surface area contributed by atoms with Crippen molar-refractivity contribution in [1.29, 1.82) is 0 Å². The zero-order chi connectivity index (χ0) is 12.7. The van der Waals surface area contributed by atoms with Gasteiger partial charge in [-0.3, -0.25) is 4.79 Å². The standard InChI is InChI=1S/C12H15BrClNO2/c1-15(12(16)6-7-13)8-9-17-11-4-2-10(14)3-5-11/h2-5H,6-9H2,1H3. The Kier molecular flexibility index (Phi) is 6.37. The summed E-state index contributed by atoms with van der Waals surface area (Å²) in [4.78, 5) is 13.1. The minimum atomic E-state index is 0.113. The Morgan fingerprint density at radius 2 is 2.06 bits per heavy atom. The van der Waals surface area contributed by atoms with E-state index < -0.39 is 0 Å². The lowest BCUT2D eigenvalue weighted by atomic mass is 10.3. The van der Waals surface area contributed by atoms with Crippen molar-refractivity contribution in [1.82, 2.24) is 4.90 Å². The minimum Gasteiger partial charge on any atom is -0.492 e. The molecule has 0 spiro atoms. The molecule has 0 saturated heterocycles. The van der Waals surface area contributed by atoms with Crippen LogP contribution in [0, 0.1) is 0 Å². The van der Waals surface area contributed by atoms with E-state index in [1.165, 1.54) is 0 Å². The Morgan fingerprint density at radius 1 is 1.41 bits per heavy atom. The van der Waals surface area contributed by atoms with Gasteiger partial charge in [-0.05, 0) is 24.3 Å². The molecule has 17 heavy (non-hydrogen) atoms. The van der Waals surface area contributed by atoms with E-state index in [0.717, 1.165) is 5.75 Å². The summed E-state index contributed by atoms with van der Waals surface area (Å²) >= 11 is 9.00. The number of rotatable bonds is 6. The predicted molar refractivity (Wildman–Crippen MR) is 73.0 cm³/mol. The van der Waals surface area contributed by atoms with Crippen LogP contribution in [0.4, 0.5) is 0 Å². The Labute approximate surface area is 115 Å². The molecule has 0 radical (unpaired) electrons. The topological polar surface area (TPSA) is 29.5 Å². The first-order chi connectivity index (χ1) is 8.13. The van der Waals surface area contributed by atoms with Crippen LogP contribution in [0.25, 0.3) is 0 Å². The molecule has 0 atom stereocenters. The molecular weight excluding hydrogens is 305 g/mol. The van der Waals surface area contributed by atoms with Crippen LogP contribution in [-0.2, 0) is 4.79 Å². The van der Waals surface area contributed by atoms with Crippen LogP contribution in [-0.4, -0.2) is 36.3 Å². The number of carbonyl (C=O) groups excluding carboxylic acids is 1. The SMILES string of the molecule is CN(CCOc1ccc(Cl)cc1)C(=O)CCBr. The highest BCUT2D eigenvalue weighted by Crippen LogP contribution is 2.15. The largest absolute Gasteiger partial charge is 0.492 e. The fourth-order valence-electron chi connectivity index (χ4n) is 1.23. The molecule has 0 aliphatic heterocycles. The molecule has 1 rings (SSSR count). The van der Waals surface area contributed by atoms with Crippen molar-refractivity contribution >= 4 is 33.4 Å². The van der Waals surface area contributed by atoms with E-state index in [-0.39, 0.29) is 5.91 Å². The lowest BCUT2D eigenvalue weighted by molar-refractivity contribution is -0.129. The second-order valence-corrected chi connectivity index (χ2v) is 4.79. The Bertz CT molecular complexity index is 356. The average molecular weight is 321 g/mol. The summed E-state index contributed by atoms with van der Waals surface area (Å²) in [6, 6.07) is 7.17. The second-order valence-electron chi connectivity index (χ2n) is 3.56. The summed E-state index contributed by atoms with van der Waals surface area (Å²) in [6.45, 7) is 1.06. The van der Waals surface area contributed by atoms with Crippen molar-refractivity contribution in [3.8, 4) is 5.75 Å². The third-order valence-corrected chi connectivity index (χ3v) is 2.89. The molecule has 1 amide bonds. The van der Waals surface area contributed by atoms with Gasteiger partial charge in [-0.15, -0.1) is 0 Å². The highest BCUT2D eigenvalue weighted by Gasteiger charge is 2.07. The Morgan fingerprint density at radius 3 is 2.65 bits per heavy atom. The van der Waals surface area contributed by atoms with Gasteiger partial charge in [0.2, 0.25) is 5.91 Å². The average Bonchev–Trinajstić information content (AvgIpc) is 2.32. The molecule has 0 aliphatic carbocycles. The number of ether oxygens (including phenoxy) is 1. The van der Waals surface area contributed by atoms with Gasteiger partial charge in [0.05, 0.1) is 6.54 Å². The number of carbonyl (C=O) groups is 1. The lowest BCUT2D eigenvalue weighted by Gasteiger charge is -2.16. The first-order valence-electron chi connectivity index (χ1n) is 5.32. The van der Waals surface area contributed by atoms with Gasteiger partial charge in [0.25, 0.3) is 0 Å². The summed E-state index contributed by atoms with van der Waals surface area (Å²) in [5.41, 5.74) is 0. The summed E-state index contributed by atoms with van der Waals surface area (Å²) in [6.07, 6.45) is 0.511. The normalized spacial score (nSPS) is 10.1. The number of likely N-dealkylation sites (N-methyl/N-ethyl adjacent to an activating group) is 1. The van der Waals surface area contributed by atoms with Crippen molar-refractivity contribution in [3.63, 3.8) is 0 Å². The van der Waals surface area contributed by atoms with E-state index in [4.69, 9.17) is 16.3 Å². The molecule has 0 fully saturated rings. The molecule has 0 N–H and O–H groups in total. The highest BCUT2D eigenvalue weighted by atomic mass is 79.9. The van der Waals surface area contributed by atoms with Gasteiger partial charge in [-0.1, -0.05) is 27.5 Å². The first-order valence-corrected chi connectivity index (χ1v) is 6.81. The van der Waals surface area contributed by atoms with Crippen LogP contribution in [0.5, 0.6) is 5.75 Å². The molecule has 0 aromatic heterocycles. The smallest absolute Gasteiger partial charge is 0.223 e. The molecule has 0 bridgehead atoms. The van der Waals surface area contributed by atoms with Gasteiger partial charge in [-0.25, -0.2) is 0 Å². The van der Waals surface area contributed by atoms with E-state index >= 15 is 0 Å². The van der Waals surface area contributed by atoms with Gasteiger partial charge in [0, 0.05) is 23.8 Å². The molecule has 0 aliphatic rings. The number of alkyl halides is 1. The van der Waals surface area contributed by atoms with Crippen LogP contribution in [0.15, 0.2) is 24.3 Å². The zero-order valence-corrected chi connectivity index (χ0v) is 12.0. The minimum absolute atomic E-state index is 0.113. The predicted octanol–water partition coefficient (Wildman–Crippen LogP) is 2.96. The maximum absolute atomic E-state index is 11.5. The molecule has 1 aromatic carbocycles. The van der Waals surface area contributed by atoms with Gasteiger partial charge in [-0.2, -0.15) is 0 Å². The van der Waals surface area contributed by atoms with Crippen molar-refractivity contribution in [3.05, 3.63) is 29.3 Å². The lowest BCUT2D eigenvalue weighted by Crippen LogP contribution is -2.30. The van der Waals surface area contributed by atoms with Gasteiger partial charge in [0.1, 0.15) is 12.4 Å². The number of hydrogen-bond donors (Lipinski definition) is 0. The number of amides is 1. The number of nitrogens with zero attached hydrogens (tertiary/aromatic N) is 1. The van der Waals surface area contributed by atoms with E-state index in [0.29, 0.717) is 29.9 Å². The van der Waals surface area contributed by atoms with E-state index in [2.05, 4.69) is 15.9 Å². The van der Waals surface area contributed by atoms with E-state index in [1.54, 1.807) is 24.1 Å². The summed E-state index contributed by atoms with van der Waals surface area (Å²) < 4.78 is 5.50. The Balaban J connectivity index is 2.27. The van der Waals surface area contributed by atoms with E-state index in [1.807, 2.05) is 12.1 Å². The highest BCUT2D eigenvalue weighted by molar-refractivity contribution is 9.09. The molecule has 1 aromatic rings. The zero-order valence-electron chi connectivity index (χ0n) is 9.66. The molecule has 5 heteroatoms. The molecule has 0 saturated carbocycles. The summed E-state index contributed by atoms with van der Waals surface area (Å²) in [5, 5.41) is 1.37. The van der Waals surface area contributed by atoms with Crippen molar-refractivity contribution in [2.45, 2.75) is 6.42 Å². The van der Waals surface area contributed by atoms with Gasteiger partial charge >= 0.3 is 0 Å². The molecule has 94 valence electrons. The fourth-order valence-corrected chi connectivity index (χ4v) is 1.69. The molecule has 3 nitrogen and oxygen atoms in total. The van der Waals surface area contributed by atoms with Crippen molar-refractivity contribution < 1.29 is 9.53 Å². The van der Waals surface area contributed by atoms with Crippen molar-refractivity contribution in [2.24, 2.45) is 0 Å². The monoisotopic (exact) mass is 319 g/mol. The molecular formula is C12H15BrClNO2. The van der Waals surface area contributed by atoms with Gasteiger partial charge in [0.15, 0.2) is 0 Å². The fraction of sp³-hybridized carbons (Fsp3) is 0.417. The quantitative estimate of drug-likeness (QED) is 0.754. The maximum Gasteiger partial charge on any atom is 0.223 e. The van der Waals surface area contributed by atoms with E-state index in [9.17, 15) is 4.79 Å². The maximum atomic E-state index is 11.5. The first kappa shape index (κ1) is 14.3. The van der Waals surface area contributed by atoms with Crippen LogP contribution in [0.1, 0.15) is 6.42 Å². The third-order valence-electron chi connectivity index (χ3n) is 2.24. The van der Waals surface area contributed by atoms with Crippen LogP contribution >= 0.6 is 27.5 Å². The van der Waals surface area contributed by atoms with Gasteiger partial charge < -0.3 is 9.64 Å². The Hall–Kier alpha value is -0.740. The molecule has 0 heterocycles. The number of benzene rings is 1. The summed E-state index contributed by atoms with van der Waals surface area (Å²) in [5.74, 6) is 0.873.